The first-order chi connectivity index (χ1) is 32.0. The predicted molar refractivity (Wildman–Crippen MR) is 257 cm³/mol. The highest BCUT2D eigenvalue weighted by atomic mass is 32.2. The van der Waals surface area contributed by atoms with Gasteiger partial charge in [0.25, 0.3) is 32.2 Å². The van der Waals surface area contributed by atoms with Crippen LogP contribution in [0.25, 0.3) is 0 Å². The van der Waals surface area contributed by atoms with Gasteiger partial charge in [-0.05, 0) is 117 Å². The van der Waals surface area contributed by atoms with Gasteiger partial charge in [0.15, 0.2) is 0 Å². The van der Waals surface area contributed by atoms with Gasteiger partial charge >= 0.3 is 5.51 Å². The minimum absolute atomic E-state index is 0.0311. The summed E-state index contributed by atoms with van der Waals surface area (Å²) in [6, 6.07) is 17.5. The first kappa shape index (κ1) is 51.8. The van der Waals surface area contributed by atoms with E-state index in [2.05, 4.69) is 33.9 Å². The number of rotatable bonds is 18. The second-order valence-corrected chi connectivity index (χ2v) is 24.1. The molecule has 11 nitrogen and oxygen atoms in total. The number of carbonyl (C=O) groups excluding carboxylic acids is 1. The average Bonchev–Trinajstić information content (AvgIpc) is 3.28. The highest BCUT2D eigenvalue weighted by molar-refractivity contribution is 7.99. The van der Waals surface area contributed by atoms with Crippen molar-refractivity contribution in [1.82, 2.24) is 14.5 Å². The third kappa shape index (κ3) is 12.7. The Kier molecular flexibility index (Phi) is 16.1. The van der Waals surface area contributed by atoms with Gasteiger partial charge in [0.2, 0.25) is 0 Å². The van der Waals surface area contributed by atoms with Crippen molar-refractivity contribution in [2.45, 2.75) is 104 Å². The molecule has 2 aliphatic carbocycles. The van der Waals surface area contributed by atoms with Crippen LogP contribution in [0.3, 0.4) is 0 Å². The van der Waals surface area contributed by atoms with Crippen molar-refractivity contribution in [3.8, 4) is 0 Å². The molecule has 1 amide bonds. The molecule has 2 saturated heterocycles. The summed E-state index contributed by atoms with van der Waals surface area (Å²) in [6.07, 6.45) is 4.67. The number of ether oxygens (including phenoxy) is 1. The van der Waals surface area contributed by atoms with Crippen LogP contribution in [0, 0.1) is 11.3 Å². The molecule has 2 fully saturated rings. The number of halogens is 5. The van der Waals surface area contributed by atoms with Gasteiger partial charge in [-0.25, -0.2) is 30.3 Å². The molecule has 0 radical (unpaired) electrons. The zero-order valence-corrected chi connectivity index (χ0v) is 41.4. The maximum atomic E-state index is 14.3. The topological polar surface area (TPSA) is 128 Å². The summed E-state index contributed by atoms with van der Waals surface area (Å²) in [6.45, 7) is 12.2. The maximum absolute atomic E-state index is 14.3. The van der Waals surface area contributed by atoms with Crippen LogP contribution in [-0.2, 0) is 24.6 Å². The van der Waals surface area contributed by atoms with Crippen molar-refractivity contribution >= 4 is 48.9 Å². The van der Waals surface area contributed by atoms with Crippen LogP contribution >= 0.6 is 11.8 Å². The number of piperazine rings is 1. The maximum Gasteiger partial charge on any atom is 0.501 e. The summed E-state index contributed by atoms with van der Waals surface area (Å²) < 4.78 is 130. The van der Waals surface area contributed by atoms with Crippen LogP contribution in [0.4, 0.5) is 33.3 Å². The van der Waals surface area contributed by atoms with Gasteiger partial charge in [-0.1, -0.05) is 49.3 Å². The van der Waals surface area contributed by atoms with Crippen molar-refractivity contribution in [3.63, 3.8) is 0 Å². The second-order valence-electron chi connectivity index (χ2n) is 19.4. The quantitative estimate of drug-likeness (QED) is 0.0719. The van der Waals surface area contributed by atoms with Gasteiger partial charge in [-0.2, -0.15) is 13.2 Å². The molecule has 2 aliphatic heterocycles. The number of anilines is 2. The summed E-state index contributed by atoms with van der Waals surface area (Å²) >= 11 is 1.45. The Hall–Kier alpha value is -4.01. The molecule has 2 atom stereocenters. The molecule has 0 aromatic heterocycles. The Bertz CT molecular complexity index is 2540. The van der Waals surface area contributed by atoms with E-state index in [0.717, 1.165) is 87.5 Å². The van der Waals surface area contributed by atoms with E-state index in [4.69, 9.17) is 4.74 Å². The van der Waals surface area contributed by atoms with Gasteiger partial charge in [-0.3, -0.25) is 9.69 Å². The van der Waals surface area contributed by atoms with Crippen molar-refractivity contribution in [2.24, 2.45) is 11.3 Å². The van der Waals surface area contributed by atoms with E-state index in [1.54, 1.807) is 25.3 Å². The molecule has 0 saturated carbocycles. The van der Waals surface area contributed by atoms with Gasteiger partial charge in [0.1, 0.15) is 4.90 Å². The minimum atomic E-state index is -6.08. The minimum Gasteiger partial charge on any atom is -0.380 e. The van der Waals surface area contributed by atoms with E-state index >= 15 is 0 Å². The Morgan fingerprint density at radius 1 is 0.882 bits per heavy atom. The number of hydrogen-bond acceptors (Lipinski definition) is 11. The fraction of sp³-hybridized carbons (Fsp3) is 0.531. The monoisotopic (exact) mass is 1010 g/mol. The normalized spacial score (nSPS) is 21.0. The summed E-state index contributed by atoms with van der Waals surface area (Å²) in [7, 11) is -9.27. The highest BCUT2D eigenvalue weighted by Gasteiger charge is 2.48. The molecule has 19 heteroatoms. The Labute approximate surface area is 401 Å². The van der Waals surface area contributed by atoms with Crippen molar-refractivity contribution < 1.29 is 48.3 Å². The lowest BCUT2D eigenvalue weighted by atomic mass is 9.67. The third-order valence-corrected chi connectivity index (χ3v) is 18.0. The Balaban J connectivity index is 1.01. The van der Waals surface area contributed by atoms with Crippen LogP contribution in [0.1, 0.15) is 76.1 Å². The lowest BCUT2D eigenvalue weighted by Crippen LogP contribution is -2.47. The van der Waals surface area contributed by atoms with Gasteiger partial charge < -0.3 is 19.9 Å². The smallest absolute Gasteiger partial charge is 0.380 e. The SMILES string of the molecule is COC1(C)CCN(CCC(CSc2ccccc2)Nc2ccc(S(=O)(=O)NC(=O)c3ccc(N4CCN(CC5=C(C6C=C(C(F)F)C6)CC(C)(C)CC5)CC4)cc3)cc2S(=O)(=O)C(F)(F)F)CC1. The van der Waals surface area contributed by atoms with Crippen LogP contribution in [0.2, 0.25) is 0 Å². The molecule has 3 aromatic rings. The van der Waals surface area contributed by atoms with Crippen molar-refractivity contribution in [2.75, 3.05) is 75.4 Å². The lowest BCUT2D eigenvalue weighted by molar-refractivity contribution is -0.0437. The number of piperidine rings is 1. The number of sulfonamides is 1. The summed E-state index contributed by atoms with van der Waals surface area (Å²) in [5, 5.41) is 3.01. The molecule has 4 aliphatic rings. The first-order valence-electron chi connectivity index (χ1n) is 23.1. The number of nitrogens with zero attached hydrogens (tertiary/aromatic N) is 3. The van der Waals surface area contributed by atoms with Crippen LogP contribution in [-0.4, -0.2) is 121 Å². The molecule has 68 heavy (non-hydrogen) atoms. The molecule has 2 heterocycles. The molecule has 0 spiro atoms. The number of likely N-dealkylation sites (tertiary alicyclic amines) is 1. The lowest BCUT2D eigenvalue weighted by Gasteiger charge is -2.41. The Morgan fingerprint density at radius 2 is 1.54 bits per heavy atom. The molecule has 3 aromatic carbocycles. The summed E-state index contributed by atoms with van der Waals surface area (Å²) in [5.74, 6) is -0.614. The first-order valence-corrected chi connectivity index (χ1v) is 27.0. The van der Waals surface area contributed by atoms with Gasteiger partial charge in [-0.15, -0.1) is 11.8 Å². The molecule has 372 valence electrons. The number of benzene rings is 3. The summed E-state index contributed by atoms with van der Waals surface area (Å²) in [4.78, 5) is 18.9. The van der Waals surface area contributed by atoms with E-state index in [-0.39, 0.29) is 28.1 Å². The fourth-order valence-electron chi connectivity index (χ4n) is 9.37. The standard InChI is InChI=1S/C49H62F5N5O6S3/c1-47(2)18-16-35(42(31-47)36-28-37(29-36)45(50)51)32-58-24-26-59(27-25-58)39-12-10-34(11-13-39)46(60)56-68(63,64)41-14-15-43(44(30-41)67(61,62)49(52,53)54)55-38(33-66-40-8-6-5-7-9-40)17-21-57-22-19-48(3,65-4)20-23-57/h5-15,28,30,36,38,45,55H,16-27,29,31-33H2,1-4H3,(H,56,60). The molecule has 0 bridgehead atoms. The number of carbonyl (C=O) groups is 1. The number of hydrogen-bond donors (Lipinski definition) is 2. The van der Waals surface area contributed by atoms with Crippen molar-refractivity contribution in [1.29, 1.82) is 0 Å². The number of methoxy groups -OCH3 is 1. The zero-order valence-electron chi connectivity index (χ0n) is 39.0. The van der Waals surface area contributed by atoms with Gasteiger partial charge in [0.05, 0.1) is 16.2 Å². The van der Waals surface area contributed by atoms with Gasteiger partial charge in [0, 0.05) is 93.3 Å². The molecular weight excluding hydrogens is 946 g/mol. The zero-order chi connectivity index (χ0) is 49.1. The predicted octanol–water partition coefficient (Wildman–Crippen LogP) is 9.40. The number of nitrogens with one attached hydrogen (secondary N) is 2. The van der Waals surface area contributed by atoms with E-state index in [0.29, 0.717) is 44.3 Å². The third-order valence-electron chi connectivity index (χ3n) is 13.9. The van der Waals surface area contributed by atoms with E-state index in [1.165, 1.54) is 35.0 Å². The molecular formula is C49H62F5N5O6S3. The number of sulfone groups is 1. The largest absolute Gasteiger partial charge is 0.501 e. The van der Waals surface area contributed by atoms with Crippen LogP contribution in [0.5, 0.6) is 0 Å². The van der Waals surface area contributed by atoms with Crippen LogP contribution in [0.15, 0.2) is 110 Å². The Morgan fingerprint density at radius 3 is 2.16 bits per heavy atom. The highest BCUT2D eigenvalue weighted by Crippen LogP contribution is 2.47. The fourth-order valence-corrected chi connectivity index (χ4v) is 12.4. The molecule has 2 unspecified atom stereocenters. The second kappa shape index (κ2) is 21.1. The number of alkyl halides is 5. The van der Waals surface area contributed by atoms with Crippen LogP contribution < -0.4 is 14.9 Å². The molecule has 7 rings (SSSR count). The average molecular weight is 1010 g/mol. The number of allylic oxidation sites excluding steroid dienone is 3. The molecule has 2 N–H and O–H groups in total. The van der Waals surface area contributed by atoms with E-state index in [9.17, 15) is 43.6 Å². The van der Waals surface area contributed by atoms with Crippen molar-refractivity contribution in [3.05, 3.63) is 101 Å². The van der Waals surface area contributed by atoms with E-state index < -0.39 is 59.2 Å². The summed E-state index contributed by atoms with van der Waals surface area (Å²) in [5.41, 5.74) is -2.64. The number of thioether (sulfide) groups is 1. The van der Waals surface area contributed by atoms with E-state index in [1.807, 2.05) is 42.0 Å². The number of amides is 1.